The van der Waals surface area contributed by atoms with E-state index in [0.717, 1.165) is 0 Å². The Morgan fingerprint density at radius 2 is 2.17 bits per heavy atom. The lowest BCUT2D eigenvalue weighted by Crippen LogP contribution is -2.39. The molecule has 0 rings (SSSR count). The second-order valence-corrected chi connectivity index (χ2v) is 3.97. The van der Waals surface area contributed by atoms with E-state index in [1.54, 1.807) is 7.11 Å². The summed E-state index contributed by atoms with van der Waals surface area (Å²) in [5.41, 5.74) is -0.276. The zero-order valence-corrected chi connectivity index (χ0v) is 9.40. The number of methoxy groups -OCH3 is 1. The van der Waals surface area contributed by atoms with Crippen molar-refractivity contribution in [3.8, 4) is 0 Å². The smallest absolute Gasteiger partial charge is 0.220 e. The Morgan fingerprint density at radius 1 is 1.58 bits per heavy atom. The normalized spacial score (nSPS) is 11.3. The van der Waals surface area contributed by atoms with Crippen LogP contribution in [-0.2, 0) is 9.53 Å². The highest BCUT2D eigenvalue weighted by molar-refractivity contribution is 9.09. The van der Waals surface area contributed by atoms with Crippen molar-refractivity contribution in [3.05, 3.63) is 0 Å². The van der Waals surface area contributed by atoms with Crippen molar-refractivity contribution in [1.82, 2.24) is 5.32 Å². The highest BCUT2D eigenvalue weighted by atomic mass is 79.9. The van der Waals surface area contributed by atoms with E-state index in [4.69, 9.17) is 4.74 Å². The highest BCUT2D eigenvalue weighted by Crippen LogP contribution is 2.04. The standard InChI is InChI=1S/C8H16BrNO2/c1-8(2,12-3)6-10-7(11)4-5-9/h4-6H2,1-3H3,(H,10,11). The van der Waals surface area contributed by atoms with Crippen LogP contribution in [0.5, 0.6) is 0 Å². The first-order chi connectivity index (χ1) is 5.52. The molecule has 0 aromatic heterocycles. The van der Waals surface area contributed by atoms with Gasteiger partial charge in [-0.15, -0.1) is 0 Å². The van der Waals surface area contributed by atoms with Gasteiger partial charge in [-0.25, -0.2) is 0 Å². The Labute approximate surface area is 82.0 Å². The van der Waals surface area contributed by atoms with E-state index in [2.05, 4.69) is 21.2 Å². The van der Waals surface area contributed by atoms with Crippen LogP contribution in [0.4, 0.5) is 0 Å². The minimum atomic E-state index is -0.276. The van der Waals surface area contributed by atoms with Gasteiger partial charge in [0, 0.05) is 25.4 Å². The van der Waals surface area contributed by atoms with Crippen LogP contribution >= 0.6 is 15.9 Å². The molecule has 1 amide bonds. The Hall–Kier alpha value is -0.0900. The summed E-state index contributed by atoms with van der Waals surface area (Å²) in [4.78, 5) is 11.0. The zero-order valence-electron chi connectivity index (χ0n) is 7.82. The SMILES string of the molecule is COC(C)(C)CNC(=O)CCBr. The number of amides is 1. The second kappa shape index (κ2) is 5.54. The molecule has 0 fully saturated rings. The van der Waals surface area contributed by atoms with Crippen LogP contribution in [0.25, 0.3) is 0 Å². The van der Waals surface area contributed by atoms with E-state index in [1.165, 1.54) is 0 Å². The van der Waals surface area contributed by atoms with E-state index < -0.39 is 0 Å². The lowest BCUT2D eigenvalue weighted by atomic mass is 10.1. The Balaban J connectivity index is 3.60. The molecule has 0 aliphatic heterocycles. The molecule has 0 aromatic carbocycles. The summed E-state index contributed by atoms with van der Waals surface area (Å²) >= 11 is 3.20. The summed E-state index contributed by atoms with van der Waals surface area (Å²) in [6, 6.07) is 0. The molecule has 3 nitrogen and oxygen atoms in total. The molecule has 0 unspecified atom stereocenters. The monoisotopic (exact) mass is 237 g/mol. The van der Waals surface area contributed by atoms with Gasteiger partial charge in [0.25, 0.3) is 0 Å². The first-order valence-corrected chi connectivity index (χ1v) is 5.02. The summed E-state index contributed by atoms with van der Waals surface area (Å²) in [7, 11) is 1.64. The maximum Gasteiger partial charge on any atom is 0.220 e. The molecule has 12 heavy (non-hydrogen) atoms. The maximum absolute atomic E-state index is 11.0. The van der Waals surface area contributed by atoms with E-state index in [9.17, 15) is 4.79 Å². The van der Waals surface area contributed by atoms with Crippen LogP contribution in [0.3, 0.4) is 0 Å². The van der Waals surface area contributed by atoms with E-state index >= 15 is 0 Å². The Morgan fingerprint density at radius 3 is 2.58 bits per heavy atom. The van der Waals surface area contributed by atoms with Crippen molar-refractivity contribution in [3.63, 3.8) is 0 Å². The van der Waals surface area contributed by atoms with Crippen molar-refractivity contribution in [2.75, 3.05) is 19.0 Å². The number of nitrogens with one attached hydrogen (secondary N) is 1. The molecule has 0 saturated carbocycles. The molecule has 0 spiro atoms. The summed E-state index contributed by atoms with van der Waals surface area (Å²) in [5.74, 6) is 0.0528. The van der Waals surface area contributed by atoms with Crippen LogP contribution in [0.15, 0.2) is 0 Å². The van der Waals surface area contributed by atoms with Crippen LogP contribution in [0.1, 0.15) is 20.3 Å². The average molecular weight is 238 g/mol. The van der Waals surface area contributed by atoms with Crippen LogP contribution in [0, 0.1) is 0 Å². The van der Waals surface area contributed by atoms with Gasteiger partial charge >= 0.3 is 0 Å². The molecule has 1 N–H and O–H groups in total. The number of hydrogen-bond donors (Lipinski definition) is 1. The molecule has 0 radical (unpaired) electrons. The molecule has 0 bridgehead atoms. The number of carbonyl (C=O) groups is 1. The van der Waals surface area contributed by atoms with Crippen molar-refractivity contribution in [1.29, 1.82) is 0 Å². The lowest BCUT2D eigenvalue weighted by Gasteiger charge is -2.22. The zero-order chi connectivity index (χ0) is 9.61. The molecule has 4 heteroatoms. The minimum Gasteiger partial charge on any atom is -0.377 e. The Bertz CT molecular complexity index is 148. The molecule has 0 aliphatic carbocycles. The topological polar surface area (TPSA) is 38.3 Å². The quantitative estimate of drug-likeness (QED) is 0.733. The average Bonchev–Trinajstić information content (AvgIpc) is 2.02. The first-order valence-electron chi connectivity index (χ1n) is 3.89. The number of rotatable bonds is 5. The summed E-state index contributed by atoms with van der Waals surface area (Å²) in [5, 5.41) is 3.48. The minimum absolute atomic E-state index is 0.0528. The molecule has 0 saturated heterocycles. The van der Waals surface area contributed by atoms with Crippen molar-refractivity contribution in [2.45, 2.75) is 25.9 Å². The van der Waals surface area contributed by atoms with Gasteiger partial charge in [-0.1, -0.05) is 15.9 Å². The second-order valence-electron chi connectivity index (χ2n) is 3.18. The maximum atomic E-state index is 11.0. The van der Waals surface area contributed by atoms with Gasteiger partial charge in [0.05, 0.1) is 5.60 Å². The van der Waals surface area contributed by atoms with E-state index in [1.807, 2.05) is 13.8 Å². The molecule has 0 atom stereocenters. The van der Waals surface area contributed by atoms with Gasteiger partial charge in [0.15, 0.2) is 0 Å². The summed E-state index contributed by atoms with van der Waals surface area (Å²) < 4.78 is 5.14. The molecule has 0 aromatic rings. The fourth-order valence-electron chi connectivity index (χ4n) is 0.558. The molecule has 0 heterocycles. The van der Waals surface area contributed by atoms with Gasteiger partial charge in [0.1, 0.15) is 0 Å². The molecular weight excluding hydrogens is 222 g/mol. The fourth-order valence-corrected chi connectivity index (χ4v) is 0.918. The van der Waals surface area contributed by atoms with E-state index in [-0.39, 0.29) is 11.5 Å². The number of alkyl halides is 1. The van der Waals surface area contributed by atoms with Gasteiger partial charge in [-0.2, -0.15) is 0 Å². The third kappa shape index (κ3) is 5.55. The third-order valence-corrected chi connectivity index (χ3v) is 1.98. The van der Waals surface area contributed by atoms with Crippen molar-refractivity contribution >= 4 is 21.8 Å². The number of ether oxygens (including phenoxy) is 1. The lowest BCUT2D eigenvalue weighted by molar-refractivity contribution is -0.121. The highest BCUT2D eigenvalue weighted by Gasteiger charge is 2.16. The van der Waals surface area contributed by atoms with Gasteiger partial charge in [-0.3, -0.25) is 4.79 Å². The Kier molecular flexibility index (Phi) is 5.50. The van der Waals surface area contributed by atoms with Crippen molar-refractivity contribution in [2.24, 2.45) is 0 Å². The van der Waals surface area contributed by atoms with Gasteiger partial charge in [-0.05, 0) is 13.8 Å². The third-order valence-electron chi connectivity index (χ3n) is 1.59. The number of hydrogen-bond acceptors (Lipinski definition) is 2. The van der Waals surface area contributed by atoms with Crippen LogP contribution < -0.4 is 5.32 Å². The largest absolute Gasteiger partial charge is 0.377 e. The molecule has 0 aliphatic rings. The predicted molar refractivity (Wildman–Crippen MR) is 52.5 cm³/mol. The van der Waals surface area contributed by atoms with Gasteiger partial charge in [0.2, 0.25) is 5.91 Å². The fraction of sp³-hybridized carbons (Fsp3) is 0.875. The molecule has 72 valence electrons. The number of halogens is 1. The predicted octanol–water partition coefficient (Wildman–Crippen LogP) is 1.31. The number of carbonyl (C=O) groups excluding carboxylic acids is 1. The van der Waals surface area contributed by atoms with Crippen molar-refractivity contribution < 1.29 is 9.53 Å². The summed E-state index contributed by atoms with van der Waals surface area (Å²) in [6.07, 6.45) is 0.514. The first kappa shape index (κ1) is 11.9. The summed E-state index contributed by atoms with van der Waals surface area (Å²) in [6.45, 7) is 4.41. The van der Waals surface area contributed by atoms with Gasteiger partial charge < -0.3 is 10.1 Å². The van der Waals surface area contributed by atoms with Crippen LogP contribution in [0.2, 0.25) is 0 Å². The van der Waals surface area contributed by atoms with Crippen LogP contribution in [-0.4, -0.2) is 30.5 Å². The van der Waals surface area contributed by atoms with E-state index in [0.29, 0.717) is 18.3 Å². The molecular formula is C8H16BrNO2.